The van der Waals surface area contributed by atoms with E-state index < -0.39 is 17.5 Å². The number of urea groups is 1. The van der Waals surface area contributed by atoms with E-state index in [0.29, 0.717) is 30.4 Å². The van der Waals surface area contributed by atoms with E-state index in [0.717, 1.165) is 29.0 Å². The number of hydrogen-bond acceptors (Lipinski definition) is 5. The predicted molar refractivity (Wildman–Crippen MR) is 114 cm³/mol. The van der Waals surface area contributed by atoms with Crippen molar-refractivity contribution in [3.63, 3.8) is 0 Å². The first-order valence-corrected chi connectivity index (χ1v) is 10.8. The molecule has 2 heterocycles. The third kappa shape index (κ3) is 4.19. The summed E-state index contributed by atoms with van der Waals surface area (Å²) < 4.78 is 5.78. The molecule has 1 spiro atoms. The quantitative estimate of drug-likeness (QED) is 0.716. The van der Waals surface area contributed by atoms with Crippen molar-refractivity contribution < 1.29 is 18.8 Å². The van der Waals surface area contributed by atoms with E-state index in [2.05, 4.69) is 22.7 Å². The van der Waals surface area contributed by atoms with Gasteiger partial charge in [-0.25, -0.2) is 9.78 Å². The third-order valence-corrected chi connectivity index (χ3v) is 6.44. The first-order chi connectivity index (χ1) is 14.8. The van der Waals surface area contributed by atoms with Crippen LogP contribution in [0.25, 0.3) is 11.3 Å². The smallest absolute Gasteiger partial charge is 0.344 e. The molecule has 4 rings (SSSR count). The van der Waals surface area contributed by atoms with E-state index in [4.69, 9.17) is 4.42 Å². The van der Waals surface area contributed by atoms with Crippen molar-refractivity contribution in [3.05, 3.63) is 41.4 Å². The van der Waals surface area contributed by atoms with Gasteiger partial charge >= 0.3 is 6.03 Å². The fraction of sp³-hybridized carbons (Fsp3) is 0.478. The van der Waals surface area contributed by atoms with Crippen molar-refractivity contribution in [2.24, 2.45) is 5.92 Å². The fourth-order valence-corrected chi connectivity index (χ4v) is 4.17. The average Bonchev–Trinajstić information content (AvgIpc) is 3.30. The van der Waals surface area contributed by atoms with Crippen molar-refractivity contribution >= 4 is 17.8 Å². The van der Waals surface area contributed by atoms with E-state index in [1.54, 1.807) is 6.20 Å². The van der Waals surface area contributed by atoms with Gasteiger partial charge in [-0.15, -0.1) is 0 Å². The number of hydrazine groups is 1. The van der Waals surface area contributed by atoms with Crippen LogP contribution in [-0.4, -0.2) is 33.4 Å². The number of aromatic nitrogens is 1. The average molecular weight is 425 g/mol. The molecule has 31 heavy (non-hydrogen) atoms. The normalized spacial score (nSPS) is 23.3. The van der Waals surface area contributed by atoms with Crippen molar-refractivity contribution in [1.82, 2.24) is 20.7 Å². The van der Waals surface area contributed by atoms with Crippen LogP contribution in [0.15, 0.2) is 28.8 Å². The SMILES string of the molecule is Cc1ccc(-c2cnc(CCC(=O)NN3C(=O)NC4(CCC(C)CC4)C3=O)o2)cc1C. The summed E-state index contributed by atoms with van der Waals surface area (Å²) >= 11 is 0. The van der Waals surface area contributed by atoms with Gasteiger partial charge in [-0.1, -0.05) is 19.1 Å². The van der Waals surface area contributed by atoms with E-state index in [9.17, 15) is 14.4 Å². The van der Waals surface area contributed by atoms with Crippen LogP contribution in [-0.2, 0) is 16.0 Å². The highest BCUT2D eigenvalue weighted by Gasteiger charge is 2.52. The summed E-state index contributed by atoms with van der Waals surface area (Å²) in [6.07, 6.45) is 4.91. The molecule has 1 aliphatic carbocycles. The molecule has 2 aromatic rings. The third-order valence-electron chi connectivity index (χ3n) is 6.44. The molecule has 1 aliphatic heterocycles. The molecule has 2 aliphatic rings. The number of carbonyl (C=O) groups is 3. The number of oxazole rings is 1. The zero-order valence-electron chi connectivity index (χ0n) is 18.2. The minimum Gasteiger partial charge on any atom is -0.441 e. The number of amides is 4. The minimum atomic E-state index is -0.874. The fourth-order valence-electron chi connectivity index (χ4n) is 4.17. The van der Waals surface area contributed by atoms with Gasteiger partial charge in [0.05, 0.1) is 6.20 Å². The Morgan fingerprint density at radius 2 is 2.00 bits per heavy atom. The van der Waals surface area contributed by atoms with Gasteiger partial charge < -0.3 is 9.73 Å². The lowest BCUT2D eigenvalue weighted by molar-refractivity contribution is -0.140. The molecule has 1 saturated heterocycles. The number of hydrogen-bond donors (Lipinski definition) is 2. The van der Waals surface area contributed by atoms with Crippen molar-refractivity contribution in [1.29, 1.82) is 0 Å². The summed E-state index contributed by atoms with van der Waals surface area (Å²) in [5, 5.41) is 3.62. The van der Waals surface area contributed by atoms with Crippen molar-refractivity contribution in [2.75, 3.05) is 0 Å². The second-order valence-electron chi connectivity index (χ2n) is 8.79. The second-order valence-corrected chi connectivity index (χ2v) is 8.79. The lowest BCUT2D eigenvalue weighted by Gasteiger charge is -2.33. The molecule has 8 nitrogen and oxygen atoms in total. The molecular weight excluding hydrogens is 396 g/mol. The largest absolute Gasteiger partial charge is 0.441 e. The van der Waals surface area contributed by atoms with E-state index in [1.807, 2.05) is 32.0 Å². The number of nitrogens with zero attached hydrogens (tertiary/aromatic N) is 2. The van der Waals surface area contributed by atoms with Crippen molar-refractivity contribution in [2.45, 2.75) is 64.8 Å². The van der Waals surface area contributed by atoms with Gasteiger partial charge in [-0.2, -0.15) is 5.01 Å². The Morgan fingerprint density at radius 3 is 2.71 bits per heavy atom. The van der Waals surface area contributed by atoms with Gasteiger partial charge in [0.25, 0.3) is 5.91 Å². The van der Waals surface area contributed by atoms with Crippen LogP contribution in [0.5, 0.6) is 0 Å². The van der Waals surface area contributed by atoms with Gasteiger partial charge in [-0.3, -0.25) is 15.0 Å². The van der Waals surface area contributed by atoms with Crippen LogP contribution in [0.3, 0.4) is 0 Å². The zero-order chi connectivity index (χ0) is 22.2. The van der Waals surface area contributed by atoms with Crippen LogP contribution in [0.2, 0.25) is 0 Å². The first-order valence-electron chi connectivity index (χ1n) is 10.8. The lowest BCUT2D eigenvalue weighted by atomic mass is 9.77. The highest BCUT2D eigenvalue weighted by molar-refractivity contribution is 6.08. The summed E-state index contributed by atoms with van der Waals surface area (Å²) in [6, 6.07) is 5.46. The standard InChI is InChI=1S/C23H28N4O4/c1-14-8-10-23(11-9-14)21(29)27(22(30)25-23)26-19(28)6-7-20-24-13-18(31-20)17-5-4-15(2)16(3)12-17/h4-5,12-14H,6-11H2,1-3H3,(H,25,30)(H,26,28). The first kappa shape index (κ1) is 21.1. The number of nitrogens with one attached hydrogen (secondary N) is 2. The summed E-state index contributed by atoms with van der Waals surface area (Å²) in [5.74, 6) is 0.800. The topological polar surface area (TPSA) is 105 Å². The van der Waals surface area contributed by atoms with Crippen LogP contribution >= 0.6 is 0 Å². The Hall–Kier alpha value is -3.16. The molecule has 8 heteroatoms. The second kappa shape index (κ2) is 8.17. The predicted octanol–water partition coefficient (Wildman–Crippen LogP) is 3.42. The van der Waals surface area contributed by atoms with Gasteiger partial charge in [0.15, 0.2) is 11.7 Å². The molecule has 4 amide bonds. The molecule has 2 N–H and O–H groups in total. The number of carbonyl (C=O) groups excluding carboxylic acids is 3. The number of benzene rings is 1. The Kier molecular flexibility index (Phi) is 5.56. The molecule has 0 bridgehead atoms. The monoisotopic (exact) mass is 424 g/mol. The Balaban J connectivity index is 1.33. The highest BCUT2D eigenvalue weighted by atomic mass is 16.4. The Labute approximate surface area is 181 Å². The van der Waals surface area contributed by atoms with Gasteiger partial charge in [0.1, 0.15) is 5.54 Å². The maximum absolute atomic E-state index is 12.8. The number of aryl methyl sites for hydroxylation is 3. The molecule has 0 atom stereocenters. The molecular formula is C23H28N4O4. The van der Waals surface area contributed by atoms with Crippen LogP contribution in [0.1, 0.15) is 56.0 Å². The van der Waals surface area contributed by atoms with E-state index in [1.165, 1.54) is 5.56 Å². The number of rotatable bonds is 5. The Morgan fingerprint density at radius 1 is 1.26 bits per heavy atom. The molecule has 164 valence electrons. The molecule has 1 saturated carbocycles. The molecule has 0 radical (unpaired) electrons. The summed E-state index contributed by atoms with van der Waals surface area (Å²) in [6.45, 7) is 6.22. The summed E-state index contributed by atoms with van der Waals surface area (Å²) in [5.41, 5.74) is 4.86. The number of imide groups is 1. The lowest BCUT2D eigenvalue weighted by Crippen LogP contribution is -2.51. The van der Waals surface area contributed by atoms with Crippen LogP contribution < -0.4 is 10.7 Å². The molecule has 0 unspecified atom stereocenters. The summed E-state index contributed by atoms with van der Waals surface area (Å²) in [7, 11) is 0. The molecule has 1 aromatic carbocycles. The van der Waals surface area contributed by atoms with E-state index in [-0.39, 0.29) is 18.7 Å². The maximum Gasteiger partial charge on any atom is 0.344 e. The van der Waals surface area contributed by atoms with Gasteiger partial charge in [0, 0.05) is 18.4 Å². The van der Waals surface area contributed by atoms with Crippen LogP contribution in [0.4, 0.5) is 4.79 Å². The van der Waals surface area contributed by atoms with E-state index >= 15 is 0 Å². The van der Waals surface area contributed by atoms with Crippen LogP contribution in [0, 0.1) is 19.8 Å². The highest BCUT2D eigenvalue weighted by Crippen LogP contribution is 2.35. The van der Waals surface area contributed by atoms with Crippen molar-refractivity contribution in [3.8, 4) is 11.3 Å². The van der Waals surface area contributed by atoms with Gasteiger partial charge in [0.2, 0.25) is 5.91 Å². The van der Waals surface area contributed by atoms with Gasteiger partial charge in [-0.05, 0) is 62.6 Å². The zero-order valence-corrected chi connectivity index (χ0v) is 18.2. The Bertz CT molecular complexity index is 1020. The molecule has 1 aromatic heterocycles. The molecule has 2 fully saturated rings. The minimum absolute atomic E-state index is 0.0496. The maximum atomic E-state index is 12.8. The summed E-state index contributed by atoms with van der Waals surface area (Å²) in [4.78, 5) is 41.8.